The molecule has 3 N–H and O–H groups in total. The van der Waals surface area contributed by atoms with Gasteiger partial charge in [0.1, 0.15) is 6.10 Å². The number of hydrogen-bond acceptors (Lipinski definition) is 3. The average molecular weight is 477 g/mol. The highest BCUT2D eigenvalue weighted by atomic mass is 35.5. The lowest BCUT2D eigenvalue weighted by Gasteiger charge is -2.40. The number of halogens is 1. The SMILES string of the molecule is CCCCCCCC/C=C\CCCCCCCC(=O)NC(C(O)CO)[N+](C)(C)CCC.[Cl-]. The first-order valence-corrected chi connectivity index (χ1v) is 12.9. The van der Waals surface area contributed by atoms with E-state index in [4.69, 9.17) is 0 Å². The minimum Gasteiger partial charge on any atom is -1.00 e. The zero-order chi connectivity index (χ0) is 23.4. The molecular formula is C26H53ClN2O3. The van der Waals surface area contributed by atoms with E-state index in [1.807, 2.05) is 14.1 Å². The van der Waals surface area contributed by atoms with E-state index in [0.29, 0.717) is 10.9 Å². The molecule has 192 valence electrons. The van der Waals surface area contributed by atoms with Gasteiger partial charge in [0.05, 0.1) is 27.2 Å². The van der Waals surface area contributed by atoms with Crippen LogP contribution >= 0.6 is 0 Å². The predicted octanol–water partition coefficient (Wildman–Crippen LogP) is 2.31. The van der Waals surface area contributed by atoms with Crippen molar-refractivity contribution in [1.29, 1.82) is 0 Å². The van der Waals surface area contributed by atoms with Crippen molar-refractivity contribution in [3.05, 3.63) is 12.2 Å². The Kier molecular flexibility index (Phi) is 23.3. The highest BCUT2D eigenvalue weighted by molar-refractivity contribution is 5.76. The number of aliphatic hydroxyl groups is 2. The average Bonchev–Trinajstić information content (AvgIpc) is 2.74. The van der Waals surface area contributed by atoms with Gasteiger partial charge in [0.2, 0.25) is 5.91 Å². The maximum atomic E-state index is 12.3. The largest absolute Gasteiger partial charge is 1.00 e. The fraction of sp³-hybridized carbons (Fsp3) is 0.885. The molecule has 0 aliphatic carbocycles. The molecule has 0 aliphatic rings. The molecule has 32 heavy (non-hydrogen) atoms. The van der Waals surface area contributed by atoms with Gasteiger partial charge in [-0.05, 0) is 38.5 Å². The molecule has 0 saturated carbocycles. The molecule has 0 bridgehead atoms. The Balaban J connectivity index is 0. The topological polar surface area (TPSA) is 69.6 Å². The Morgan fingerprint density at radius 2 is 1.34 bits per heavy atom. The quantitative estimate of drug-likeness (QED) is 0.103. The van der Waals surface area contributed by atoms with Gasteiger partial charge in [0.15, 0.2) is 6.17 Å². The third-order valence-electron chi connectivity index (χ3n) is 6.08. The Morgan fingerprint density at radius 1 is 0.844 bits per heavy atom. The molecule has 6 heteroatoms. The number of hydrogen-bond donors (Lipinski definition) is 3. The van der Waals surface area contributed by atoms with Crippen LogP contribution in [0, 0.1) is 0 Å². The number of aliphatic hydroxyl groups excluding tert-OH is 2. The summed E-state index contributed by atoms with van der Waals surface area (Å²) in [6.07, 6.45) is 20.8. The molecule has 2 atom stereocenters. The van der Waals surface area contributed by atoms with Crippen molar-refractivity contribution in [3.63, 3.8) is 0 Å². The maximum Gasteiger partial charge on any atom is 0.224 e. The lowest BCUT2D eigenvalue weighted by molar-refractivity contribution is -0.921. The first kappa shape index (κ1) is 33.6. The van der Waals surface area contributed by atoms with Gasteiger partial charge in [0.25, 0.3) is 0 Å². The Morgan fingerprint density at radius 3 is 1.84 bits per heavy atom. The van der Waals surface area contributed by atoms with Gasteiger partial charge in [-0.15, -0.1) is 0 Å². The smallest absolute Gasteiger partial charge is 0.224 e. The summed E-state index contributed by atoms with van der Waals surface area (Å²) in [5, 5.41) is 22.5. The first-order chi connectivity index (χ1) is 14.9. The molecule has 5 nitrogen and oxygen atoms in total. The van der Waals surface area contributed by atoms with Crippen molar-refractivity contribution < 1.29 is 31.9 Å². The summed E-state index contributed by atoms with van der Waals surface area (Å²) in [5.74, 6) is -0.0302. The van der Waals surface area contributed by atoms with Crippen LogP contribution in [0.4, 0.5) is 0 Å². The van der Waals surface area contributed by atoms with E-state index in [1.54, 1.807) is 0 Å². The van der Waals surface area contributed by atoms with Crippen molar-refractivity contribution in [2.75, 3.05) is 27.2 Å². The summed E-state index contributed by atoms with van der Waals surface area (Å²) in [6, 6.07) is 0. The van der Waals surface area contributed by atoms with Crippen LogP contribution in [0.1, 0.15) is 110 Å². The second-order valence-corrected chi connectivity index (χ2v) is 9.60. The van der Waals surface area contributed by atoms with Gasteiger partial charge in [-0.3, -0.25) is 4.79 Å². The molecule has 0 aromatic heterocycles. The predicted molar refractivity (Wildman–Crippen MR) is 132 cm³/mol. The molecule has 0 fully saturated rings. The molecule has 0 heterocycles. The normalized spacial score (nSPS) is 13.7. The zero-order valence-electron chi connectivity index (χ0n) is 21.5. The highest BCUT2D eigenvalue weighted by Crippen LogP contribution is 2.12. The number of likely N-dealkylation sites (N-methyl/N-ethyl adjacent to an activating group) is 1. The van der Waals surface area contributed by atoms with Gasteiger partial charge in [-0.2, -0.15) is 0 Å². The minimum atomic E-state index is -0.945. The highest BCUT2D eigenvalue weighted by Gasteiger charge is 2.34. The molecule has 0 aromatic rings. The molecular weight excluding hydrogens is 424 g/mol. The molecule has 2 unspecified atom stereocenters. The number of quaternary nitrogens is 1. The minimum absolute atomic E-state index is 0. The number of unbranched alkanes of at least 4 members (excludes halogenated alkanes) is 11. The molecule has 0 aromatic carbocycles. The van der Waals surface area contributed by atoms with E-state index in [9.17, 15) is 15.0 Å². The Labute approximate surface area is 205 Å². The first-order valence-electron chi connectivity index (χ1n) is 12.9. The summed E-state index contributed by atoms with van der Waals surface area (Å²) < 4.78 is 0.469. The van der Waals surface area contributed by atoms with Crippen molar-refractivity contribution in [2.45, 2.75) is 122 Å². The van der Waals surface area contributed by atoms with Crippen LogP contribution in [0.15, 0.2) is 12.2 Å². The van der Waals surface area contributed by atoms with Gasteiger partial charge >= 0.3 is 0 Å². The van der Waals surface area contributed by atoms with Crippen LogP contribution in [0.25, 0.3) is 0 Å². The second kappa shape index (κ2) is 22.2. The van der Waals surface area contributed by atoms with Crippen LogP contribution in [-0.2, 0) is 4.79 Å². The van der Waals surface area contributed by atoms with E-state index in [0.717, 1.165) is 25.8 Å². The van der Waals surface area contributed by atoms with Crippen LogP contribution in [0.3, 0.4) is 0 Å². The molecule has 1 amide bonds. The van der Waals surface area contributed by atoms with E-state index >= 15 is 0 Å². The van der Waals surface area contributed by atoms with Crippen molar-refractivity contribution >= 4 is 5.91 Å². The number of rotatable bonds is 21. The fourth-order valence-corrected chi connectivity index (χ4v) is 4.15. The zero-order valence-corrected chi connectivity index (χ0v) is 22.2. The third-order valence-corrected chi connectivity index (χ3v) is 6.08. The van der Waals surface area contributed by atoms with Crippen molar-refractivity contribution in [2.24, 2.45) is 0 Å². The number of amides is 1. The van der Waals surface area contributed by atoms with Crippen LogP contribution in [0.5, 0.6) is 0 Å². The summed E-state index contributed by atoms with van der Waals surface area (Å²) in [4.78, 5) is 12.3. The van der Waals surface area contributed by atoms with Crippen LogP contribution in [-0.4, -0.2) is 60.1 Å². The van der Waals surface area contributed by atoms with Crippen molar-refractivity contribution in [3.8, 4) is 0 Å². The van der Waals surface area contributed by atoms with E-state index in [-0.39, 0.29) is 24.9 Å². The number of carbonyl (C=O) groups excluding carboxylic acids is 1. The van der Waals surface area contributed by atoms with Crippen LogP contribution in [0.2, 0.25) is 0 Å². The second-order valence-electron chi connectivity index (χ2n) is 9.60. The summed E-state index contributed by atoms with van der Waals surface area (Å²) in [7, 11) is 3.96. The third kappa shape index (κ3) is 17.9. The Bertz CT molecular complexity index is 458. The lowest BCUT2D eigenvalue weighted by Crippen LogP contribution is -3.00. The molecule has 0 spiro atoms. The molecule has 0 radical (unpaired) electrons. The van der Waals surface area contributed by atoms with Gasteiger partial charge in [-0.1, -0.05) is 77.4 Å². The number of nitrogens with zero attached hydrogens (tertiary/aromatic N) is 1. The number of nitrogens with one attached hydrogen (secondary N) is 1. The van der Waals surface area contributed by atoms with Gasteiger partial charge in [0, 0.05) is 6.42 Å². The molecule has 0 rings (SSSR count). The van der Waals surface area contributed by atoms with E-state index in [1.165, 1.54) is 70.6 Å². The van der Waals surface area contributed by atoms with Gasteiger partial charge in [-0.25, -0.2) is 0 Å². The summed E-state index contributed by atoms with van der Waals surface area (Å²) in [6.45, 7) is 4.82. The van der Waals surface area contributed by atoms with Gasteiger partial charge < -0.3 is 32.4 Å². The van der Waals surface area contributed by atoms with E-state index in [2.05, 4.69) is 31.3 Å². The maximum absolute atomic E-state index is 12.3. The monoisotopic (exact) mass is 476 g/mol. The summed E-state index contributed by atoms with van der Waals surface area (Å²) in [5.41, 5.74) is 0. The van der Waals surface area contributed by atoms with E-state index < -0.39 is 12.3 Å². The fourth-order valence-electron chi connectivity index (χ4n) is 4.15. The molecule has 0 saturated heterocycles. The number of carbonyl (C=O) groups is 1. The van der Waals surface area contributed by atoms with Crippen LogP contribution < -0.4 is 17.7 Å². The van der Waals surface area contributed by atoms with Crippen molar-refractivity contribution in [1.82, 2.24) is 5.32 Å². The standard InChI is InChI=1S/C26H52N2O3.ClH/c1-5-7-8-9-10-11-12-13-14-15-16-17-18-19-20-21-25(31)27-26(24(30)23-29)28(3,4)22-6-2;/h13-14,24,26,29-30H,5-12,15-23H2,1-4H3;1H/b14-13-;. The Hall–Kier alpha value is -0.620. The lowest BCUT2D eigenvalue weighted by atomic mass is 10.1. The summed E-state index contributed by atoms with van der Waals surface area (Å²) >= 11 is 0. The number of allylic oxidation sites excluding steroid dienone is 2. The molecule has 0 aliphatic heterocycles.